The highest BCUT2D eigenvalue weighted by atomic mass is 16.4. The van der Waals surface area contributed by atoms with Crippen molar-refractivity contribution in [2.24, 2.45) is 0 Å². The number of rotatable bonds is 39. The van der Waals surface area contributed by atoms with Crippen LogP contribution in [0.1, 0.15) is 174 Å². The van der Waals surface area contributed by atoms with Crippen molar-refractivity contribution in [1.82, 2.24) is 21.3 Å². The first-order valence-electron chi connectivity index (χ1n) is 21.2. The van der Waals surface area contributed by atoms with Crippen molar-refractivity contribution in [2.75, 3.05) is 0 Å². The summed E-state index contributed by atoms with van der Waals surface area (Å²) >= 11 is 0. The van der Waals surface area contributed by atoms with Crippen molar-refractivity contribution in [3.05, 3.63) is 0 Å². The van der Waals surface area contributed by atoms with Crippen molar-refractivity contribution in [1.29, 1.82) is 0 Å². The van der Waals surface area contributed by atoms with Crippen LogP contribution in [0, 0.1) is 0 Å². The SMILES string of the molecule is CC(=O)CC[C@H](NC(=O)CC[C@H](NC(=O)CC[C@H](NC(=O)CC[C@H](NC(=O)CCCCCCCCCCCCCCCCCCC(=O)O)C(=O)O)C(=O)O)C(=O)O)C(=O)O. The van der Waals surface area contributed by atoms with Crippen LogP contribution in [0.15, 0.2) is 0 Å². The molecule has 0 unspecified atom stereocenters. The number of nitrogens with one attached hydrogen (secondary N) is 4. The van der Waals surface area contributed by atoms with Gasteiger partial charge >= 0.3 is 29.8 Å². The Bertz CT molecular complexity index is 1390. The van der Waals surface area contributed by atoms with Crippen LogP contribution in [0.5, 0.6) is 0 Å². The summed E-state index contributed by atoms with van der Waals surface area (Å²) in [6, 6.07) is -5.94. The average molecular weight is 857 g/mol. The fraction of sp³-hybridized carbons (Fsp3) is 0.756. The molecule has 60 heavy (non-hydrogen) atoms. The second-order valence-electron chi connectivity index (χ2n) is 15.2. The zero-order valence-electron chi connectivity index (χ0n) is 35.0. The second kappa shape index (κ2) is 33.7. The molecular weight excluding hydrogens is 788 g/mol. The normalized spacial score (nSPS) is 12.9. The van der Waals surface area contributed by atoms with Crippen LogP contribution in [0.4, 0.5) is 0 Å². The third-order valence-corrected chi connectivity index (χ3v) is 9.84. The van der Waals surface area contributed by atoms with E-state index in [4.69, 9.17) is 5.11 Å². The average Bonchev–Trinajstić information content (AvgIpc) is 3.16. The largest absolute Gasteiger partial charge is 0.481 e. The Morgan fingerprint density at radius 3 is 0.767 bits per heavy atom. The van der Waals surface area contributed by atoms with E-state index in [0.29, 0.717) is 6.42 Å². The number of hydrogen-bond acceptors (Lipinski definition) is 10. The molecule has 19 nitrogen and oxygen atoms in total. The Kier molecular flexibility index (Phi) is 30.8. The first kappa shape index (κ1) is 54.9. The topological polar surface area (TPSA) is 320 Å². The minimum atomic E-state index is -1.59. The van der Waals surface area contributed by atoms with Gasteiger partial charge < -0.3 is 51.6 Å². The summed E-state index contributed by atoms with van der Waals surface area (Å²) in [6.07, 6.45) is 14.3. The highest BCUT2D eigenvalue weighted by Gasteiger charge is 2.27. The van der Waals surface area contributed by atoms with Gasteiger partial charge in [-0.2, -0.15) is 0 Å². The number of amides is 4. The number of Topliss-reactive ketones (excluding diaryl/α,β-unsaturated/α-hetero) is 1. The molecule has 0 aromatic carbocycles. The number of hydrogen-bond donors (Lipinski definition) is 9. The van der Waals surface area contributed by atoms with Crippen LogP contribution >= 0.6 is 0 Å². The fourth-order valence-corrected chi connectivity index (χ4v) is 6.31. The summed E-state index contributed by atoms with van der Waals surface area (Å²) in [5.74, 6) is -9.85. The molecule has 0 rings (SSSR count). The van der Waals surface area contributed by atoms with E-state index in [1.165, 1.54) is 45.4 Å². The van der Waals surface area contributed by atoms with Gasteiger partial charge in [-0.25, -0.2) is 19.2 Å². The van der Waals surface area contributed by atoms with Gasteiger partial charge in [-0.3, -0.25) is 24.0 Å². The van der Waals surface area contributed by atoms with Gasteiger partial charge in [0.15, 0.2) is 0 Å². The van der Waals surface area contributed by atoms with Crippen LogP contribution in [0.25, 0.3) is 0 Å². The number of unbranched alkanes of at least 4 members (excludes halogenated alkanes) is 15. The van der Waals surface area contributed by atoms with E-state index in [1.807, 2.05) is 0 Å². The Morgan fingerprint density at radius 1 is 0.317 bits per heavy atom. The van der Waals surface area contributed by atoms with Crippen LogP contribution in [0.3, 0.4) is 0 Å². The molecule has 0 radical (unpaired) electrons. The van der Waals surface area contributed by atoms with E-state index in [-0.39, 0.29) is 37.9 Å². The van der Waals surface area contributed by atoms with Gasteiger partial charge in [0, 0.05) is 38.5 Å². The first-order valence-corrected chi connectivity index (χ1v) is 21.2. The second-order valence-corrected chi connectivity index (χ2v) is 15.2. The molecule has 0 aromatic rings. The molecule has 0 saturated carbocycles. The number of aliphatic carboxylic acids is 5. The lowest BCUT2D eigenvalue weighted by Gasteiger charge is -2.18. The van der Waals surface area contributed by atoms with Gasteiger partial charge in [0.05, 0.1) is 0 Å². The molecule has 0 spiro atoms. The summed E-state index contributed by atoms with van der Waals surface area (Å²) in [5.41, 5.74) is 0. The number of ketones is 1. The van der Waals surface area contributed by atoms with Crippen LogP contribution in [0.2, 0.25) is 0 Å². The van der Waals surface area contributed by atoms with Gasteiger partial charge in [0.25, 0.3) is 0 Å². The van der Waals surface area contributed by atoms with Gasteiger partial charge in [0.2, 0.25) is 23.6 Å². The molecule has 0 saturated heterocycles. The molecule has 0 aliphatic carbocycles. The maximum Gasteiger partial charge on any atom is 0.326 e. The third kappa shape index (κ3) is 30.9. The first-order chi connectivity index (χ1) is 28.4. The molecule has 0 heterocycles. The molecular formula is C41H68N4O15. The lowest BCUT2D eigenvalue weighted by molar-refractivity contribution is -0.144. The molecule has 19 heteroatoms. The summed E-state index contributed by atoms with van der Waals surface area (Å²) in [6.45, 7) is 1.26. The zero-order valence-corrected chi connectivity index (χ0v) is 35.0. The summed E-state index contributed by atoms with van der Waals surface area (Å²) < 4.78 is 0. The minimum Gasteiger partial charge on any atom is -0.481 e. The zero-order chi connectivity index (χ0) is 45.3. The molecule has 0 aliphatic rings. The molecule has 0 aliphatic heterocycles. The number of carbonyl (C=O) groups is 10. The summed E-state index contributed by atoms with van der Waals surface area (Å²) in [7, 11) is 0. The van der Waals surface area contributed by atoms with E-state index >= 15 is 0 Å². The molecule has 0 fully saturated rings. The quantitative estimate of drug-likeness (QED) is 0.0393. The standard InChI is InChI=1S/C41H68N4O15/c1-28(46)20-21-29(38(53)54)43-34(48)26-23-31(40(57)58)45-36(50)27-24-32(41(59)60)44-35(49)25-22-30(39(55)56)42-33(47)18-16-14-12-10-8-6-4-2-3-5-7-9-11-13-15-17-19-37(51)52/h29-32H,2-27H2,1H3,(H,42,47)(H,43,48)(H,44,49)(H,45,50)(H,51,52)(H,53,54)(H,55,56)(H,57,58)(H,59,60)/t29-,30-,31-,32-/m0/s1. The lowest BCUT2D eigenvalue weighted by Crippen LogP contribution is -2.45. The highest BCUT2D eigenvalue weighted by molar-refractivity contribution is 5.88. The van der Waals surface area contributed by atoms with Gasteiger partial charge in [-0.05, 0) is 45.4 Å². The maximum atomic E-state index is 12.5. The predicted molar refractivity (Wildman–Crippen MR) is 217 cm³/mol. The van der Waals surface area contributed by atoms with Crippen molar-refractivity contribution in [2.45, 2.75) is 198 Å². The Labute approximate surface area is 351 Å². The molecule has 9 N–H and O–H groups in total. The van der Waals surface area contributed by atoms with E-state index in [9.17, 15) is 68.4 Å². The van der Waals surface area contributed by atoms with Gasteiger partial charge in [-0.15, -0.1) is 0 Å². The number of carboxylic acids is 5. The smallest absolute Gasteiger partial charge is 0.326 e. The third-order valence-electron chi connectivity index (χ3n) is 9.84. The van der Waals surface area contributed by atoms with E-state index in [0.717, 1.165) is 57.8 Å². The minimum absolute atomic E-state index is 0.0997. The Hall–Kier alpha value is -5.10. The van der Waals surface area contributed by atoms with E-state index in [1.54, 1.807) is 0 Å². The Balaban J connectivity index is 4.40. The van der Waals surface area contributed by atoms with Crippen molar-refractivity contribution in [3.63, 3.8) is 0 Å². The fourth-order valence-electron chi connectivity index (χ4n) is 6.31. The summed E-state index contributed by atoms with van der Waals surface area (Å²) in [5, 5.41) is 55.4. The van der Waals surface area contributed by atoms with Crippen molar-refractivity contribution in [3.8, 4) is 0 Å². The highest BCUT2D eigenvalue weighted by Crippen LogP contribution is 2.15. The lowest BCUT2D eigenvalue weighted by atomic mass is 10.0. The van der Waals surface area contributed by atoms with E-state index < -0.39 is 110 Å². The van der Waals surface area contributed by atoms with E-state index in [2.05, 4.69) is 21.3 Å². The molecule has 342 valence electrons. The number of carboxylic acid groups (broad SMARTS) is 5. The van der Waals surface area contributed by atoms with Crippen molar-refractivity contribution < 1.29 is 73.5 Å². The monoisotopic (exact) mass is 856 g/mol. The molecule has 4 amide bonds. The predicted octanol–water partition coefficient (Wildman–Crippen LogP) is 4.08. The van der Waals surface area contributed by atoms with Crippen LogP contribution in [-0.2, 0) is 47.9 Å². The Morgan fingerprint density at radius 2 is 0.533 bits per heavy atom. The van der Waals surface area contributed by atoms with Gasteiger partial charge in [0.1, 0.15) is 30.0 Å². The number of carbonyl (C=O) groups excluding carboxylic acids is 5. The maximum absolute atomic E-state index is 12.5. The molecule has 0 bridgehead atoms. The summed E-state index contributed by atoms with van der Waals surface area (Å²) in [4.78, 5) is 118. The molecule has 4 atom stereocenters. The van der Waals surface area contributed by atoms with Crippen LogP contribution < -0.4 is 21.3 Å². The van der Waals surface area contributed by atoms with Crippen LogP contribution in [-0.4, -0.2) is 109 Å². The molecule has 0 aromatic heterocycles. The van der Waals surface area contributed by atoms with Gasteiger partial charge in [-0.1, -0.05) is 89.9 Å². The van der Waals surface area contributed by atoms with Crippen molar-refractivity contribution >= 4 is 59.3 Å².